The summed E-state index contributed by atoms with van der Waals surface area (Å²) in [6.45, 7) is 3.52. The van der Waals surface area contributed by atoms with Crippen molar-refractivity contribution in [3.63, 3.8) is 0 Å². The molecule has 0 bridgehead atoms. The molecule has 0 unspecified atom stereocenters. The quantitative estimate of drug-likeness (QED) is 0.664. The number of hydrogen-bond acceptors (Lipinski definition) is 4. The highest BCUT2D eigenvalue weighted by atomic mass is 32.2. The smallest absolute Gasteiger partial charge is 0.303 e. The summed E-state index contributed by atoms with van der Waals surface area (Å²) in [6, 6.07) is 6.11. The number of carboxylic acid groups (broad SMARTS) is 1. The van der Waals surface area contributed by atoms with Gasteiger partial charge in [0.15, 0.2) is 0 Å². The summed E-state index contributed by atoms with van der Waals surface area (Å²) in [5, 5.41) is 17.7. The van der Waals surface area contributed by atoms with Gasteiger partial charge in [-0.1, -0.05) is 26.0 Å². The van der Waals surface area contributed by atoms with Crippen molar-refractivity contribution in [1.29, 1.82) is 0 Å². The van der Waals surface area contributed by atoms with E-state index in [2.05, 4.69) is 4.72 Å². The molecule has 0 aliphatic rings. The topological polar surface area (TPSA) is 104 Å². The Morgan fingerprint density at radius 2 is 1.81 bits per heavy atom. The second kappa shape index (κ2) is 7.02. The molecule has 0 heterocycles. The van der Waals surface area contributed by atoms with Crippen LogP contribution in [0.5, 0.6) is 0 Å². The van der Waals surface area contributed by atoms with Crippen LogP contribution in [-0.2, 0) is 21.2 Å². The number of nitrogens with one attached hydrogen (secondary N) is 1. The molecule has 0 aromatic heterocycles. The zero-order chi connectivity index (χ0) is 16.1. The van der Waals surface area contributed by atoms with Gasteiger partial charge in [0, 0.05) is 25.0 Å². The van der Waals surface area contributed by atoms with Crippen LogP contribution in [-0.4, -0.2) is 37.8 Å². The number of benzene rings is 1. The first-order valence-electron chi connectivity index (χ1n) is 6.57. The monoisotopic (exact) mass is 315 g/mol. The van der Waals surface area contributed by atoms with Crippen molar-refractivity contribution in [1.82, 2.24) is 4.72 Å². The highest BCUT2D eigenvalue weighted by Gasteiger charge is 2.21. The Bertz CT molecular complexity index is 578. The standard InChI is InChI=1S/C14H21NO5S/c1-14(2,10-16)9-15-21(19,20)12-6-3-11(4-7-12)5-8-13(17)18/h3-4,6-7,15-16H,5,8-10H2,1-2H3,(H,17,18). The van der Waals surface area contributed by atoms with Crippen LogP contribution >= 0.6 is 0 Å². The lowest BCUT2D eigenvalue weighted by molar-refractivity contribution is -0.136. The average molecular weight is 315 g/mol. The summed E-state index contributed by atoms with van der Waals surface area (Å²) in [5.41, 5.74) is 0.237. The number of aliphatic carboxylic acids is 1. The van der Waals surface area contributed by atoms with E-state index in [9.17, 15) is 13.2 Å². The molecule has 0 saturated heterocycles. The predicted molar refractivity (Wildman–Crippen MR) is 78.5 cm³/mol. The Hall–Kier alpha value is -1.44. The summed E-state index contributed by atoms with van der Waals surface area (Å²) in [4.78, 5) is 10.6. The number of hydrogen-bond donors (Lipinski definition) is 3. The van der Waals surface area contributed by atoms with Gasteiger partial charge in [-0.2, -0.15) is 0 Å². The number of carbonyl (C=O) groups is 1. The molecule has 1 aromatic rings. The van der Waals surface area contributed by atoms with Gasteiger partial charge in [-0.3, -0.25) is 4.79 Å². The predicted octanol–water partition coefficient (Wildman–Crippen LogP) is 1.00. The SMILES string of the molecule is CC(C)(CO)CNS(=O)(=O)c1ccc(CCC(=O)O)cc1. The lowest BCUT2D eigenvalue weighted by atomic mass is 9.96. The molecule has 1 rings (SSSR count). The van der Waals surface area contributed by atoms with Gasteiger partial charge in [0.2, 0.25) is 10.0 Å². The third-order valence-corrected chi connectivity index (χ3v) is 4.45. The first-order chi connectivity index (χ1) is 9.66. The highest BCUT2D eigenvalue weighted by Crippen LogP contribution is 2.15. The van der Waals surface area contributed by atoms with E-state index >= 15 is 0 Å². The van der Waals surface area contributed by atoms with Gasteiger partial charge in [0.1, 0.15) is 0 Å². The Morgan fingerprint density at radius 1 is 1.24 bits per heavy atom. The maximum Gasteiger partial charge on any atom is 0.303 e. The molecule has 0 spiro atoms. The van der Waals surface area contributed by atoms with Gasteiger partial charge in [-0.05, 0) is 24.1 Å². The van der Waals surface area contributed by atoms with Gasteiger partial charge in [0.05, 0.1) is 4.90 Å². The number of aryl methyl sites for hydroxylation is 1. The average Bonchev–Trinajstić information content (AvgIpc) is 2.44. The van der Waals surface area contributed by atoms with Crippen molar-refractivity contribution in [3.8, 4) is 0 Å². The van der Waals surface area contributed by atoms with Gasteiger partial charge in [-0.15, -0.1) is 0 Å². The molecule has 1 aromatic carbocycles. The zero-order valence-corrected chi connectivity index (χ0v) is 13.0. The summed E-state index contributed by atoms with van der Waals surface area (Å²) in [5.74, 6) is -0.889. The molecular formula is C14H21NO5S. The van der Waals surface area contributed by atoms with Crippen molar-refractivity contribution < 1.29 is 23.4 Å². The van der Waals surface area contributed by atoms with E-state index in [0.29, 0.717) is 6.42 Å². The molecule has 0 amide bonds. The zero-order valence-electron chi connectivity index (χ0n) is 12.2. The Morgan fingerprint density at radius 3 is 2.29 bits per heavy atom. The molecule has 118 valence electrons. The lowest BCUT2D eigenvalue weighted by Crippen LogP contribution is -2.36. The second-order valence-corrected chi connectivity index (χ2v) is 7.45. The highest BCUT2D eigenvalue weighted by molar-refractivity contribution is 7.89. The second-order valence-electron chi connectivity index (χ2n) is 5.68. The van der Waals surface area contributed by atoms with Crippen molar-refractivity contribution >= 4 is 16.0 Å². The summed E-state index contributed by atoms with van der Waals surface area (Å²) >= 11 is 0. The Kier molecular flexibility index (Phi) is 5.88. The van der Waals surface area contributed by atoms with Crippen LogP contribution in [0, 0.1) is 5.41 Å². The molecule has 7 heteroatoms. The molecular weight excluding hydrogens is 294 g/mol. The van der Waals surface area contributed by atoms with Gasteiger partial charge < -0.3 is 10.2 Å². The van der Waals surface area contributed by atoms with E-state index in [0.717, 1.165) is 5.56 Å². The van der Waals surface area contributed by atoms with Crippen LogP contribution in [0.3, 0.4) is 0 Å². The summed E-state index contributed by atoms with van der Waals surface area (Å²) < 4.78 is 26.6. The van der Waals surface area contributed by atoms with Crippen LogP contribution in [0.4, 0.5) is 0 Å². The van der Waals surface area contributed by atoms with E-state index < -0.39 is 21.4 Å². The number of rotatable bonds is 8. The lowest BCUT2D eigenvalue weighted by Gasteiger charge is -2.21. The first kappa shape index (κ1) is 17.6. The molecule has 0 aliphatic carbocycles. The van der Waals surface area contributed by atoms with E-state index in [1.54, 1.807) is 26.0 Å². The normalized spacial score (nSPS) is 12.3. The number of carboxylic acids is 1. The van der Waals surface area contributed by atoms with E-state index in [1.165, 1.54) is 12.1 Å². The minimum Gasteiger partial charge on any atom is -0.481 e. The van der Waals surface area contributed by atoms with Gasteiger partial charge in [-0.25, -0.2) is 13.1 Å². The fourth-order valence-corrected chi connectivity index (χ4v) is 2.76. The van der Waals surface area contributed by atoms with Crippen LogP contribution in [0.2, 0.25) is 0 Å². The Balaban J connectivity index is 2.73. The maximum absolute atomic E-state index is 12.1. The van der Waals surface area contributed by atoms with E-state index in [4.69, 9.17) is 10.2 Å². The van der Waals surface area contributed by atoms with Crippen LogP contribution < -0.4 is 4.72 Å². The summed E-state index contributed by atoms with van der Waals surface area (Å²) in [6.07, 6.45) is 0.371. The number of sulfonamides is 1. The summed E-state index contributed by atoms with van der Waals surface area (Å²) in [7, 11) is -3.63. The minimum absolute atomic E-state index is 0.00896. The van der Waals surface area contributed by atoms with Crippen LogP contribution in [0.25, 0.3) is 0 Å². The molecule has 3 N–H and O–H groups in total. The van der Waals surface area contributed by atoms with Gasteiger partial charge in [0.25, 0.3) is 0 Å². The third-order valence-electron chi connectivity index (χ3n) is 3.03. The largest absolute Gasteiger partial charge is 0.481 e. The van der Waals surface area contributed by atoms with Gasteiger partial charge >= 0.3 is 5.97 Å². The molecule has 21 heavy (non-hydrogen) atoms. The minimum atomic E-state index is -3.63. The van der Waals surface area contributed by atoms with Crippen LogP contribution in [0.15, 0.2) is 29.2 Å². The van der Waals surface area contributed by atoms with Crippen molar-refractivity contribution in [2.75, 3.05) is 13.2 Å². The molecule has 0 fully saturated rings. The van der Waals surface area contributed by atoms with E-state index in [1.807, 2.05) is 0 Å². The molecule has 0 saturated carbocycles. The first-order valence-corrected chi connectivity index (χ1v) is 8.06. The van der Waals surface area contributed by atoms with Crippen molar-refractivity contribution in [2.45, 2.75) is 31.6 Å². The molecule has 0 atom stereocenters. The van der Waals surface area contributed by atoms with Crippen molar-refractivity contribution in [3.05, 3.63) is 29.8 Å². The van der Waals surface area contributed by atoms with Crippen LogP contribution in [0.1, 0.15) is 25.8 Å². The molecule has 6 nitrogen and oxygen atoms in total. The molecule has 0 aliphatic heterocycles. The fraction of sp³-hybridized carbons (Fsp3) is 0.500. The van der Waals surface area contributed by atoms with E-state index in [-0.39, 0.29) is 24.5 Å². The fourth-order valence-electron chi connectivity index (χ4n) is 1.52. The number of aliphatic hydroxyl groups is 1. The maximum atomic E-state index is 12.1. The third kappa shape index (κ3) is 5.82. The van der Waals surface area contributed by atoms with Crippen molar-refractivity contribution in [2.24, 2.45) is 5.41 Å². The number of aliphatic hydroxyl groups excluding tert-OH is 1. The Labute approximate surface area is 124 Å². The molecule has 0 radical (unpaired) electrons.